The molecule has 0 aliphatic carbocycles. The molecule has 0 N–H and O–H groups in total. The van der Waals surface area contributed by atoms with Gasteiger partial charge >= 0.3 is 0 Å². The standard InChI is InChI=1S/C8H15O/c1-3-5-7-8(9)6-4-2/h4H,3,5-7H2,1-2H3. The van der Waals surface area contributed by atoms with Gasteiger partial charge in [0.15, 0.2) is 0 Å². The normalized spacial score (nSPS) is 9.56. The third kappa shape index (κ3) is 5.54. The molecule has 0 aromatic carbocycles. The van der Waals surface area contributed by atoms with Gasteiger partial charge in [-0.3, -0.25) is 4.79 Å². The molecule has 0 atom stereocenters. The van der Waals surface area contributed by atoms with Crippen molar-refractivity contribution in [2.45, 2.75) is 39.5 Å². The first-order valence-electron chi connectivity index (χ1n) is 3.60. The number of rotatable bonds is 5. The van der Waals surface area contributed by atoms with Crippen molar-refractivity contribution in [3.05, 3.63) is 6.42 Å². The van der Waals surface area contributed by atoms with E-state index in [9.17, 15) is 4.79 Å². The first kappa shape index (κ1) is 8.67. The molecule has 0 amide bonds. The molecular weight excluding hydrogens is 112 g/mol. The van der Waals surface area contributed by atoms with Crippen LogP contribution in [0, 0.1) is 6.42 Å². The number of carbonyl (C=O) groups is 1. The smallest absolute Gasteiger partial charge is 0.133 e. The zero-order valence-corrected chi connectivity index (χ0v) is 6.31. The van der Waals surface area contributed by atoms with Gasteiger partial charge < -0.3 is 0 Å². The van der Waals surface area contributed by atoms with E-state index in [0.29, 0.717) is 12.2 Å². The van der Waals surface area contributed by atoms with Crippen LogP contribution in [0.2, 0.25) is 0 Å². The van der Waals surface area contributed by atoms with Crippen molar-refractivity contribution < 1.29 is 4.79 Å². The summed E-state index contributed by atoms with van der Waals surface area (Å²) >= 11 is 0. The number of ketones is 1. The van der Waals surface area contributed by atoms with Crippen LogP contribution in [-0.4, -0.2) is 5.78 Å². The zero-order valence-electron chi connectivity index (χ0n) is 6.31. The Morgan fingerprint density at radius 3 is 2.67 bits per heavy atom. The molecule has 0 fully saturated rings. The first-order chi connectivity index (χ1) is 4.31. The summed E-state index contributed by atoms with van der Waals surface area (Å²) in [6, 6.07) is 0. The zero-order chi connectivity index (χ0) is 7.11. The molecule has 0 aromatic heterocycles. The van der Waals surface area contributed by atoms with Crippen molar-refractivity contribution in [3.63, 3.8) is 0 Å². The molecular formula is C8H15O. The minimum Gasteiger partial charge on any atom is -0.300 e. The Bertz CT molecular complexity index is 76.6. The van der Waals surface area contributed by atoms with Gasteiger partial charge in [0.2, 0.25) is 0 Å². The van der Waals surface area contributed by atoms with Gasteiger partial charge in [-0.05, 0) is 12.8 Å². The lowest BCUT2D eigenvalue weighted by Crippen LogP contribution is -1.95. The maximum atomic E-state index is 10.8. The lowest BCUT2D eigenvalue weighted by Gasteiger charge is -1.93. The molecule has 0 aliphatic rings. The third-order valence-corrected chi connectivity index (χ3v) is 1.24. The summed E-state index contributed by atoms with van der Waals surface area (Å²) in [5, 5.41) is 0. The van der Waals surface area contributed by atoms with Crippen LogP contribution in [-0.2, 0) is 4.79 Å². The van der Waals surface area contributed by atoms with Crippen molar-refractivity contribution in [2.75, 3.05) is 0 Å². The van der Waals surface area contributed by atoms with Crippen LogP contribution in [0.1, 0.15) is 39.5 Å². The van der Waals surface area contributed by atoms with Crippen LogP contribution >= 0.6 is 0 Å². The van der Waals surface area contributed by atoms with E-state index in [4.69, 9.17) is 0 Å². The molecule has 0 heterocycles. The third-order valence-electron chi connectivity index (χ3n) is 1.24. The highest BCUT2D eigenvalue weighted by Gasteiger charge is 1.96. The maximum absolute atomic E-state index is 10.8. The molecule has 9 heavy (non-hydrogen) atoms. The van der Waals surface area contributed by atoms with Crippen molar-refractivity contribution in [1.29, 1.82) is 0 Å². The Morgan fingerprint density at radius 2 is 2.22 bits per heavy atom. The number of carbonyl (C=O) groups excluding carboxylic acids is 1. The van der Waals surface area contributed by atoms with E-state index in [1.54, 1.807) is 0 Å². The Balaban J connectivity index is 3.06. The molecule has 0 aliphatic heterocycles. The van der Waals surface area contributed by atoms with Crippen LogP contribution in [0.25, 0.3) is 0 Å². The van der Waals surface area contributed by atoms with Gasteiger partial charge in [-0.2, -0.15) is 0 Å². The van der Waals surface area contributed by atoms with Crippen LogP contribution in [0.5, 0.6) is 0 Å². The Kier molecular flexibility index (Phi) is 5.59. The van der Waals surface area contributed by atoms with Gasteiger partial charge in [-0.1, -0.05) is 20.3 Å². The Morgan fingerprint density at radius 1 is 1.56 bits per heavy atom. The minimum atomic E-state index is 0.374. The Labute approximate surface area is 57.5 Å². The fraction of sp³-hybridized carbons (Fsp3) is 0.750. The molecule has 0 unspecified atom stereocenters. The van der Waals surface area contributed by atoms with E-state index in [0.717, 1.165) is 19.3 Å². The lowest BCUT2D eigenvalue weighted by atomic mass is 10.1. The highest BCUT2D eigenvalue weighted by molar-refractivity contribution is 5.79. The molecule has 0 bridgehead atoms. The van der Waals surface area contributed by atoms with Crippen molar-refractivity contribution in [2.24, 2.45) is 0 Å². The summed E-state index contributed by atoms with van der Waals surface area (Å²) in [5.41, 5.74) is 0. The highest BCUT2D eigenvalue weighted by atomic mass is 16.1. The van der Waals surface area contributed by atoms with E-state index < -0.39 is 0 Å². The Hall–Kier alpha value is -0.330. The van der Waals surface area contributed by atoms with Gasteiger partial charge in [0, 0.05) is 12.8 Å². The van der Waals surface area contributed by atoms with E-state index >= 15 is 0 Å². The average molecular weight is 127 g/mol. The van der Waals surface area contributed by atoms with Gasteiger partial charge in [0.1, 0.15) is 5.78 Å². The number of hydrogen-bond donors (Lipinski definition) is 0. The molecule has 0 rings (SSSR count). The number of Topliss-reactive ketones (excluding diaryl/α,β-unsaturated/α-hetero) is 1. The van der Waals surface area contributed by atoms with Crippen LogP contribution in [0.15, 0.2) is 0 Å². The molecule has 1 heteroatoms. The number of hydrogen-bond acceptors (Lipinski definition) is 1. The minimum absolute atomic E-state index is 0.374. The van der Waals surface area contributed by atoms with Crippen LogP contribution in [0.4, 0.5) is 0 Å². The second-order valence-corrected chi connectivity index (χ2v) is 2.25. The van der Waals surface area contributed by atoms with E-state index in [2.05, 4.69) is 6.92 Å². The molecule has 0 saturated carbocycles. The molecule has 0 aromatic rings. The summed E-state index contributed by atoms with van der Waals surface area (Å²) in [6.45, 7) is 4.02. The van der Waals surface area contributed by atoms with Crippen molar-refractivity contribution >= 4 is 5.78 Å². The largest absolute Gasteiger partial charge is 0.300 e. The predicted molar refractivity (Wildman–Crippen MR) is 39.1 cm³/mol. The molecule has 0 saturated heterocycles. The monoisotopic (exact) mass is 127 g/mol. The summed E-state index contributed by atoms with van der Waals surface area (Å²) in [7, 11) is 0. The molecule has 53 valence electrons. The summed E-state index contributed by atoms with van der Waals surface area (Å²) in [6.07, 6.45) is 5.50. The topological polar surface area (TPSA) is 17.1 Å². The quantitative estimate of drug-likeness (QED) is 0.554. The van der Waals surface area contributed by atoms with Gasteiger partial charge in [-0.25, -0.2) is 0 Å². The van der Waals surface area contributed by atoms with Crippen LogP contribution in [0.3, 0.4) is 0 Å². The van der Waals surface area contributed by atoms with Crippen LogP contribution < -0.4 is 0 Å². The van der Waals surface area contributed by atoms with Gasteiger partial charge in [0.25, 0.3) is 0 Å². The predicted octanol–water partition coefficient (Wildman–Crippen LogP) is 2.36. The highest BCUT2D eigenvalue weighted by Crippen LogP contribution is 1.99. The SMILES string of the molecule is C[CH]CC(=O)CCCC. The first-order valence-corrected chi connectivity index (χ1v) is 3.60. The van der Waals surface area contributed by atoms with E-state index in [1.807, 2.05) is 13.3 Å². The molecule has 0 spiro atoms. The van der Waals surface area contributed by atoms with E-state index in [1.165, 1.54) is 0 Å². The van der Waals surface area contributed by atoms with Crippen molar-refractivity contribution in [1.82, 2.24) is 0 Å². The summed E-state index contributed by atoms with van der Waals surface area (Å²) in [4.78, 5) is 10.8. The maximum Gasteiger partial charge on any atom is 0.133 e. The van der Waals surface area contributed by atoms with Crippen molar-refractivity contribution in [3.8, 4) is 0 Å². The lowest BCUT2D eigenvalue weighted by molar-refractivity contribution is -0.118. The van der Waals surface area contributed by atoms with E-state index in [-0.39, 0.29) is 0 Å². The fourth-order valence-corrected chi connectivity index (χ4v) is 0.704. The summed E-state index contributed by atoms with van der Waals surface area (Å²) < 4.78 is 0. The van der Waals surface area contributed by atoms with Gasteiger partial charge in [-0.15, -0.1) is 0 Å². The molecule has 1 radical (unpaired) electrons. The number of unbranched alkanes of at least 4 members (excludes halogenated alkanes) is 1. The second-order valence-electron chi connectivity index (χ2n) is 2.25. The summed E-state index contributed by atoms with van der Waals surface area (Å²) in [5.74, 6) is 0.374. The average Bonchev–Trinajstić information content (AvgIpc) is 1.85. The van der Waals surface area contributed by atoms with Gasteiger partial charge in [0.05, 0.1) is 0 Å². The fourth-order valence-electron chi connectivity index (χ4n) is 0.704. The molecule has 1 nitrogen and oxygen atoms in total. The second kappa shape index (κ2) is 5.80.